The molecule has 1 fully saturated rings. The van der Waals surface area contributed by atoms with Gasteiger partial charge in [-0.25, -0.2) is 0 Å². The van der Waals surface area contributed by atoms with Gasteiger partial charge in [-0.1, -0.05) is 5.16 Å². The lowest BCUT2D eigenvalue weighted by atomic mass is 10.2. The van der Waals surface area contributed by atoms with Gasteiger partial charge in [-0.15, -0.1) is 0 Å². The van der Waals surface area contributed by atoms with E-state index in [4.69, 9.17) is 10.9 Å². The molecule has 4 N–H and O–H groups in total. The van der Waals surface area contributed by atoms with Crippen LogP contribution in [0.2, 0.25) is 0 Å². The summed E-state index contributed by atoms with van der Waals surface area (Å²) < 4.78 is 0. The van der Waals surface area contributed by atoms with Gasteiger partial charge in [0.1, 0.15) is 5.84 Å². The predicted molar refractivity (Wildman–Crippen MR) is 61.0 cm³/mol. The number of nitrogens with one attached hydrogen (secondary N) is 1. The minimum Gasteiger partial charge on any atom is -0.409 e. The van der Waals surface area contributed by atoms with Crippen LogP contribution in [0.15, 0.2) is 5.16 Å². The molecule has 0 amide bonds. The molecule has 1 heterocycles. The number of nitrogens with zero attached hydrogens (tertiary/aromatic N) is 1. The Bertz CT molecular complexity index is 181. The second kappa shape index (κ2) is 6.95. The maximum atomic E-state index is 8.32. The summed E-state index contributed by atoms with van der Waals surface area (Å²) >= 11 is 2.02. The van der Waals surface area contributed by atoms with E-state index in [1.54, 1.807) is 0 Å². The van der Waals surface area contributed by atoms with Crippen molar-refractivity contribution in [3.8, 4) is 0 Å². The molecule has 0 saturated carbocycles. The molecule has 0 radical (unpaired) electrons. The molecule has 1 rings (SSSR count). The van der Waals surface area contributed by atoms with Crippen LogP contribution < -0.4 is 11.1 Å². The second-order valence-corrected chi connectivity index (χ2v) is 4.71. The van der Waals surface area contributed by atoms with Crippen LogP contribution in [-0.4, -0.2) is 35.1 Å². The van der Waals surface area contributed by atoms with E-state index >= 15 is 0 Å². The number of oxime groups is 1. The van der Waals surface area contributed by atoms with Crippen LogP contribution in [0.1, 0.15) is 25.7 Å². The van der Waals surface area contributed by atoms with Crippen molar-refractivity contribution in [2.75, 3.05) is 18.1 Å². The van der Waals surface area contributed by atoms with Crippen molar-refractivity contribution in [1.82, 2.24) is 5.32 Å². The summed E-state index contributed by atoms with van der Waals surface area (Å²) in [7, 11) is 0. The van der Waals surface area contributed by atoms with Gasteiger partial charge in [-0.3, -0.25) is 0 Å². The zero-order valence-corrected chi connectivity index (χ0v) is 9.22. The van der Waals surface area contributed by atoms with E-state index in [9.17, 15) is 0 Å². The summed E-state index contributed by atoms with van der Waals surface area (Å²) in [4.78, 5) is 0. The van der Waals surface area contributed by atoms with Crippen LogP contribution in [0, 0.1) is 0 Å². The molecule has 4 nitrogen and oxygen atoms in total. The number of thioether (sulfide) groups is 1. The molecular weight excluding hydrogens is 198 g/mol. The van der Waals surface area contributed by atoms with E-state index in [-0.39, 0.29) is 0 Å². The highest BCUT2D eigenvalue weighted by molar-refractivity contribution is 7.99. The van der Waals surface area contributed by atoms with E-state index in [1.807, 2.05) is 11.8 Å². The smallest absolute Gasteiger partial charge is 0.139 e. The highest BCUT2D eigenvalue weighted by Crippen LogP contribution is 2.16. The first-order chi connectivity index (χ1) is 6.83. The molecule has 0 aliphatic carbocycles. The standard InChI is InChI=1S/C9H19N3OS/c10-9(12-13)4-1-5-11-8-3-2-6-14-7-8/h8,11,13H,1-7H2,(H2,10,12). The first-order valence-electron chi connectivity index (χ1n) is 5.10. The van der Waals surface area contributed by atoms with E-state index in [0.717, 1.165) is 13.0 Å². The first-order valence-corrected chi connectivity index (χ1v) is 6.26. The first kappa shape index (κ1) is 11.7. The highest BCUT2D eigenvalue weighted by atomic mass is 32.2. The van der Waals surface area contributed by atoms with Gasteiger partial charge in [0.15, 0.2) is 0 Å². The topological polar surface area (TPSA) is 70.6 Å². The average Bonchev–Trinajstić information content (AvgIpc) is 2.25. The molecule has 1 unspecified atom stereocenters. The zero-order chi connectivity index (χ0) is 10.2. The number of hydrogen-bond donors (Lipinski definition) is 3. The van der Waals surface area contributed by atoms with Crippen LogP contribution >= 0.6 is 11.8 Å². The lowest BCUT2D eigenvalue weighted by Crippen LogP contribution is -2.34. The monoisotopic (exact) mass is 217 g/mol. The van der Waals surface area contributed by atoms with Crippen molar-refractivity contribution >= 4 is 17.6 Å². The second-order valence-electron chi connectivity index (χ2n) is 3.56. The summed E-state index contributed by atoms with van der Waals surface area (Å²) in [5.41, 5.74) is 5.36. The average molecular weight is 217 g/mol. The van der Waals surface area contributed by atoms with E-state index in [2.05, 4.69) is 10.5 Å². The lowest BCUT2D eigenvalue weighted by molar-refractivity contribution is 0.316. The van der Waals surface area contributed by atoms with Crippen molar-refractivity contribution in [2.45, 2.75) is 31.7 Å². The third kappa shape index (κ3) is 4.72. The molecule has 5 heteroatoms. The molecule has 82 valence electrons. The minimum absolute atomic E-state index is 0.324. The minimum atomic E-state index is 0.324. The number of nitrogens with two attached hydrogens (primary N) is 1. The van der Waals surface area contributed by atoms with Gasteiger partial charge < -0.3 is 16.3 Å². The Hall–Kier alpha value is -0.420. The maximum absolute atomic E-state index is 8.32. The summed E-state index contributed by atoms with van der Waals surface area (Å²) in [5.74, 6) is 2.86. The molecule has 14 heavy (non-hydrogen) atoms. The van der Waals surface area contributed by atoms with Crippen molar-refractivity contribution in [3.63, 3.8) is 0 Å². The largest absolute Gasteiger partial charge is 0.409 e. The third-order valence-corrected chi connectivity index (χ3v) is 3.55. The summed E-state index contributed by atoms with van der Waals surface area (Å²) in [6.07, 6.45) is 4.22. The van der Waals surface area contributed by atoms with Crippen LogP contribution in [0.3, 0.4) is 0 Å². The van der Waals surface area contributed by atoms with Crippen LogP contribution in [0.25, 0.3) is 0 Å². The van der Waals surface area contributed by atoms with E-state index < -0.39 is 0 Å². The molecular formula is C9H19N3OS. The van der Waals surface area contributed by atoms with Gasteiger partial charge in [0.25, 0.3) is 0 Å². The molecule has 1 atom stereocenters. The Kier molecular flexibility index (Phi) is 5.78. The van der Waals surface area contributed by atoms with Gasteiger partial charge in [0.05, 0.1) is 0 Å². The van der Waals surface area contributed by atoms with E-state index in [1.165, 1.54) is 24.3 Å². The molecule has 0 aromatic carbocycles. The van der Waals surface area contributed by atoms with Gasteiger partial charge in [-0.05, 0) is 31.6 Å². The highest BCUT2D eigenvalue weighted by Gasteiger charge is 2.11. The molecule has 1 aliphatic heterocycles. The fourth-order valence-corrected chi connectivity index (χ4v) is 2.63. The number of hydrogen-bond acceptors (Lipinski definition) is 4. The van der Waals surface area contributed by atoms with Crippen LogP contribution in [-0.2, 0) is 0 Å². The van der Waals surface area contributed by atoms with Crippen molar-refractivity contribution in [3.05, 3.63) is 0 Å². The van der Waals surface area contributed by atoms with Crippen molar-refractivity contribution in [2.24, 2.45) is 10.9 Å². The molecule has 0 spiro atoms. The molecule has 0 bridgehead atoms. The summed E-state index contributed by atoms with van der Waals surface area (Å²) in [5, 5.41) is 14.7. The molecule has 0 aromatic rings. The fourth-order valence-electron chi connectivity index (χ4n) is 1.53. The fraction of sp³-hybridized carbons (Fsp3) is 0.889. The Morgan fingerprint density at radius 3 is 3.14 bits per heavy atom. The molecule has 1 saturated heterocycles. The molecule has 1 aliphatic rings. The van der Waals surface area contributed by atoms with Gasteiger partial charge in [0.2, 0.25) is 0 Å². The van der Waals surface area contributed by atoms with Gasteiger partial charge in [0, 0.05) is 18.2 Å². The normalized spacial score (nSPS) is 23.7. The zero-order valence-electron chi connectivity index (χ0n) is 8.41. The van der Waals surface area contributed by atoms with Crippen LogP contribution in [0.5, 0.6) is 0 Å². The Labute approximate surface area is 89.3 Å². The third-order valence-electron chi connectivity index (χ3n) is 2.33. The van der Waals surface area contributed by atoms with E-state index in [0.29, 0.717) is 18.3 Å². The van der Waals surface area contributed by atoms with Crippen LogP contribution in [0.4, 0.5) is 0 Å². The van der Waals surface area contributed by atoms with Gasteiger partial charge >= 0.3 is 0 Å². The number of rotatable bonds is 5. The predicted octanol–water partition coefficient (Wildman–Crippen LogP) is 0.998. The number of amidine groups is 1. The quantitative estimate of drug-likeness (QED) is 0.211. The summed E-state index contributed by atoms with van der Waals surface area (Å²) in [6.45, 7) is 0.960. The molecule has 0 aromatic heterocycles. The van der Waals surface area contributed by atoms with Crippen molar-refractivity contribution in [1.29, 1.82) is 0 Å². The Morgan fingerprint density at radius 2 is 2.50 bits per heavy atom. The maximum Gasteiger partial charge on any atom is 0.139 e. The van der Waals surface area contributed by atoms with Gasteiger partial charge in [-0.2, -0.15) is 11.8 Å². The Morgan fingerprint density at radius 1 is 1.64 bits per heavy atom. The lowest BCUT2D eigenvalue weighted by Gasteiger charge is -2.22. The summed E-state index contributed by atoms with van der Waals surface area (Å²) in [6, 6.07) is 0.668. The SMILES string of the molecule is NC(CCCNC1CCCSC1)=NO. The Balaban J connectivity index is 1.97. The van der Waals surface area contributed by atoms with Crippen molar-refractivity contribution < 1.29 is 5.21 Å².